The van der Waals surface area contributed by atoms with Crippen molar-refractivity contribution < 1.29 is 15.3 Å². The van der Waals surface area contributed by atoms with Gasteiger partial charge >= 0.3 is 0 Å². The van der Waals surface area contributed by atoms with E-state index in [2.05, 4.69) is 15.9 Å². The lowest BCUT2D eigenvalue weighted by molar-refractivity contribution is 0.147. The van der Waals surface area contributed by atoms with Gasteiger partial charge in [0.2, 0.25) is 0 Å². The molecule has 4 heteroatoms. The highest BCUT2D eigenvalue weighted by atomic mass is 79.9. The molecule has 0 radical (unpaired) electrons. The van der Waals surface area contributed by atoms with Crippen LogP contribution in [0.4, 0.5) is 0 Å². The quantitative estimate of drug-likeness (QED) is 0.724. The Kier molecular flexibility index (Phi) is 2.01. The molecule has 3 nitrogen and oxygen atoms in total. The topological polar surface area (TPSA) is 60.7 Å². The van der Waals surface area contributed by atoms with Crippen LogP contribution < -0.4 is 0 Å². The summed E-state index contributed by atoms with van der Waals surface area (Å²) in [7, 11) is 0. The number of rotatable bonds is 1. The fourth-order valence-corrected chi connectivity index (χ4v) is 2.03. The van der Waals surface area contributed by atoms with Gasteiger partial charge in [-0.3, -0.25) is 0 Å². The number of phenols is 2. The Morgan fingerprint density at radius 2 is 1.86 bits per heavy atom. The van der Waals surface area contributed by atoms with Crippen LogP contribution in [-0.2, 0) is 5.60 Å². The van der Waals surface area contributed by atoms with E-state index in [0.29, 0.717) is 24.0 Å². The molecule has 1 fully saturated rings. The molecule has 2 rings (SSSR count). The first kappa shape index (κ1) is 9.80. The third kappa shape index (κ3) is 1.29. The zero-order valence-electron chi connectivity index (χ0n) is 7.71. The Hall–Kier alpha value is -0.740. The van der Waals surface area contributed by atoms with Crippen LogP contribution in [0.1, 0.15) is 24.0 Å². The Balaban J connectivity index is 2.62. The number of phenolic OH excluding ortho intramolecular Hbond substituents is 2. The van der Waals surface area contributed by atoms with Crippen molar-refractivity contribution in [3.8, 4) is 11.5 Å². The first-order valence-corrected chi connectivity index (χ1v) is 5.19. The van der Waals surface area contributed by atoms with Crippen LogP contribution in [0.3, 0.4) is 0 Å². The van der Waals surface area contributed by atoms with Crippen molar-refractivity contribution in [3.63, 3.8) is 0 Å². The SMILES string of the molecule is Cc1cc(C2(O)CC2)c(O)c(Br)c1O. The van der Waals surface area contributed by atoms with Gasteiger partial charge in [0, 0.05) is 5.56 Å². The summed E-state index contributed by atoms with van der Waals surface area (Å²) in [5, 5.41) is 29.1. The van der Waals surface area contributed by atoms with Gasteiger partial charge in [0.05, 0.1) is 5.60 Å². The third-order valence-corrected chi connectivity index (χ3v) is 3.38. The summed E-state index contributed by atoms with van der Waals surface area (Å²) in [6, 6.07) is 1.63. The predicted molar refractivity (Wildman–Crippen MR) is 55.3 cm³/mol. The molecule has 0 aliphatic heterocycles. The van der Waals surface area contributed by atoms with E-state index >= 15 is 0 Å². The van der Waals surface area contributed by atoms with Crippen LogP contribution in [0, 0.1) is 6.92 Å². The fourth-order valence-electron chi connectivity index (χ4n) is 1.50. The molecule has 0 bridgehead atoms. The van der Waals surface area contributed by atoms with E-state index in [1.54, 1.807) is 13.0 Å². The summed E-state index contributed by atoms with van der Waals surface area (Å²) in [5.41, 5.74) is 0.259. The monoisotopic (exact) mass is 258 g/mol. The Bertz CT molecular complexity index is 397. The lowest BCUT2D eigenvalue weighted by Gasteiger charge is -2.14. The number of aromatic hydroxyl groups is 2. The molecule has 76 valence electrons. The molecular weight excluding hydrogens is 248 g/mol. The molecule has 1 aromatic rings. The molecule has 3 N–H and O–H groups in total. The molecule has 0 spiro atoms. The second-order valence-corrected chi connectivity index (χ2v) is 4.58. The second-order valence-electron chi connectivity index (χ2n) is 3.78. The molecule has 1 aliphatic carbocycles. The van der Waals surface area contributed by atoms with Crippen LogP contribution >= 0.6 is 15.9 Å². The molecule has 1 aliphatic rings. The summed E-state index contributed by atoms with van der Waals surface area (Å²) in [4.78, 5) is 0. The number of aryl methyl sites for hydroxylation is 1. The highest BCUT2D eigenvalue weighted by molar-refractivity contribution is 9.10. The van der Waals surface area contributed by atoms with Crippen LogP contribution in [0.2, 0.25) is 0 Å². The van der Waals surface area contributed by atoms with Crippen LogP contribution in [-0.4, -0.2) is 15.3 Å². The van der Waals surface area contributed by atoms with E-state index in [1.807, 2.05) is 0 Å². The normalized spacial score (nSPS) is 18.2. The van der Waals surface area contributed by atoms with Crippen molar-refractivity contribution >= 4 is 15.9 Å². The maximum absolute atomic E-state index is 9.86. The molecule has 0 unspecified atom stereocenters. The molecule has 1 aromatic carbocycles. The summed E-state index contributed by atoms with van der Waals surface area (Å²) >= 11 is 3.09. The summed E-state index contributed by atoms with van der Waals surface area (Å²) in [5.74, 6) is -0.0383. The zero-order valence-corrected chi connectivity index (χ0v) is 9.30. The fraction of sp³-hybridized carbons (Fsp3) is 0.400. The van der Waals surface area contributed by atoms with Gasteiger partial charge in [-0.1, -0.05) is 0 Å². The molecule has 0 heterocycles. The van der Waals surface area contributed by atoms with Gasteiger partial charge in [-0.2, -0.15) is 0 Å². The number of hydrogen-bond donors (Lipinski definition) is 3. The molecule has 1 saturated carbocycles. The van der Waals surface area contributed by atoms with Crippen molar-refractivity contribution in [2.75, 3.05) is 0 Å². The van der Waals surface area contributed by atoms with Gasteiger partial charge in [0.1, 0.15) is 16.0 Å². The van der Waals surface area contributed by atoms with Crippen molar-refractivity contribution in [3.05, 3.63) is 21.7 Å². The van der Waals surface area contributed by atoms with Crippen LogP contribution in [0.15, 0.2) is 10.5 Å². The number of benzene rings is 1. The minimum Gasteiger partial charge on any atom is -0.506 e. The molecule has 0 amide bonds. The number of halogens is 1. The van der Waals surface area contributed by atoms with Crippen molar-refractivity contribution in [1.29, 1.82) is 0 Å². The highest BCUT2D eigenvalue weighted by Crippen LogP contribution is 2.52. The predicted octanol–water partition coefficient (Wildman–Crippen LogP) is 2.15. The Labute approximate surface area is 90.1 Å². The van der Waals surface area contributed by atoms with E-state index in [0.717, 1.165) is 0 Å². The molecule has 0 aromatic heterocycles. The maximum Gasteiger partial charge on any atom is 0.139 e. The summed E-state index contributed by atoms with van der Waals surface area (Å²) in [6.07, 6.45) is 1.33. The molecule has 0 atom stereocenters. The van der Waals surface area contributed by atoms with E-state index < -0.39 is 5.60 Å². The molecule has 14 heavy (non-hydrogen) atoms. The van der Waals surface area contributed by atoms with Crippen molar-refractivity contribution in [2.45, 2.75) is 25.4 Å². The summed E-state index contributed by atoms with van der Waals surface area (Å²) < 4.78 is 0.257. The standard InChI is InChI=1S/C10H11BrO3/c1-5-4-6(10(14)2-3-10)9(13)7(11)8(5)12/h4,12-14H,2-3H2,1H3. The molecular formula is C10H11BrO3. The minimum absolute atomic E-state index is 0.0236. The average Bonchev–Trinajstić information content (AvgIpc) is 2.87. The largest absolute Gasteiger partial charge is 0.506 e. The minimum atomic E-state index is -0.884. The smallest absolute Gasteiger partial charge is 0.139 e. The van der Waals surface area contributed by atoms with Crippen LogP contribution in [0.25, 0.3) is 0 Å². The third-order valence-electron chi connectivity index (χ3n) is 2.63. The number of hydrogen-bond acceptors (Lipinski definition) is 3. The summed E-state index contributed by atoms with van der Waals surface area (Å²) in [6.45, 7) is 1.73. The van der Waals surface area contributed by atoms with Crippen molar-refractivity contribution in [2.24, 2.45) is 0 Å². The lowest BCUT2D eigenvalue weighted by atomic mass is 10.0. The maximum atomic E-state index is 9.86. The molecule has 0 saturated heterocycles. The second kappa shape index (κ2) is 2.87. The average molecular weight is 259 g/mol. The van der Waals surface area contributed by atoms with E-state index in [4.69, 9.17) is 0 Å². The van der Waals surface area contributed by atoms with Gasteiger partial charge in [-0.25, -0.2) is 0 Å². The first-order chi connectivity index (χ1) is 6.46. The van der Waals surface area contributed by atoms with Gasteiger partial charge in [-0.05, 0) is 47.3 Å². The van der Waals surface area contributed by atoms with E-state index in [-0.39, 0.29) is 16.0 Å². The Morgan fingerprint density at radius 3 is 2.36 bits per heavy atom. The number of aliphatic hydroxyl groups is 1. The van der Waals surface area contributed by atoms with Gasteiger partial charge in [0.15, 0.2) is 0 Å². The van der Waals surface area contributed by atoms with Gasteiger partial charge in [-0.15, -0.1) is 0 Å². The van der Waals surface area contributed by atoms with Crippen LogP contribution in [0.5, 0.6) is 11.5 Å². The zero-order chi connectivity index (χ0) is 10.5. The first-order valence-electron chi connectivity index (χ1n) is 4.39. The van der Waals surface area contributed by atoms with E-state index in [9.17, 15) is 15.3 Å². The van der Waals surface area contributed by atoms with Gasteiger partial charge in [0.25, 0.3) is 0 Å². The van der Waals surface area contributed by atoms with Gasteiger partial charge < -0.3 is 15.3 Å². The Morgan fingerprint density at radius 1 is 1.29 bits per heavy atom. The lowest BCUT2D eigenvalue weighted by Crippen LogP contribution is -2.05. The van der Waals surface area contributed by atoms with Crippen molar-refractivity contribution in [1.82, 2.24) is 0 Å². The van der Waals surface area contributed by atoms with E-state index in [1.165, 1.54) is 0 Å². The highest BCUT2D eigenvalue weighted by Gasteiger charge is 2.44.